The van der Waals surface area contributed by atoms with Crippen molar-refractivity contribution in [3.05, 3.63) is 24.3 Å². The number of aryl methyl sites for hydroxylation is 1. The summed E-state index contributed by atoms with van der Waals surface area (Å²) in [6.45, 7) is 4.95. The van der Waals surface area contributed by atoms with Crippen LogP contribution in [-0.2, 0) is 11.3 Å². The van der Waals surface area contributed by atoms with E-state index in [1.165, 1.54) is 0 Å². The zero-order chi connectivity index (χ0) is 16.4. The van der Waals surface area contributed by atoms with Gasteiger partial charge in [-0.2, -0.15) is 0 Å². The minimum atomic E-state index is -0.427. The van der Waals surface area contributed by atoms with Crippen molar-refractivity contribution in [2.45, 2.75) is 58.0 Å². The molecule has 0 aliphatic heterocycles. The number of hydrogen-bond donors (Lipinski definition) is 2. The highest BCUT2D eigenvalue weighted by atomic mass is 35.5. The number of carbonyl (C=O) groups is 1. The molecule has 1 aromatic heterocycles. The third kappa shape index (κ3) is 3.57. The monoisotopic (exact) mass is 350 g/mol. The summed E-state index contributed by atoms with van der Waals surface area (Å²) >= 11 is 0. The Morgan fingerprint density at radius 2 is 2.17 bits per heavy atom. The van der Waals surface area contributed by atoms with Crippen LogP contribution in [0.2, 0.25) is 0 Å². The van der Waals surface area contributed by atoms with Crippen LogP contribution in [-0.4, -0.2) is 21.0 Å². The third-order valence-corrected chi connectivity index (χ3v) is 4.91. The molecule has 2 atom stereocenters. The molecule has 1 amide bonds. The first-order valence-electron chi connectivity index (χ1n) is 8.58. The van der Waals surface area contributed by atoms with E-state index in [-0.39, 0.29) is 24.2 Å². The normalized spacial score (nSPS) is 23.7. The van der Waals surface area contributed by atoms with E-state index in [2.05, 4.69) is 21.8 Å². The van der Waals surface area contributed by atoms with E-state index in [1.807, 2.05) is 31.2 Å². The van der Waals surface area contributed by atoms with E-state index >= 15 is 0 Å². The number of aromatic nitrogens is 2. The summed E-state index contributed by atoms with van der Waals surface area (Å²) in [5.41, 5.74) is 7.91. The molecule has 3 N–H and O–H groups in total. The fraction of sp³-hybridized carbons (Fsp3) is 0.556. The van der Waals surface area contributed by atoms with Crippen LogP contribution >= 0.6 is 12.4 Å². The maximum absolute atomic E-state index is 12.8. The molecule has 0 spiro atoms. The first kappa shape index (κ1) is 18.7. The summed E-state index contributed by atoms with van der Waals surface area (Å²) in [6, 6.07) is 7.99. The van der Waals surface area contributed by atoms with Gasteiger partial charge in [-0.25, -0.2) is 4.98 Å². The number of benzene rings is 1. The van der Waals surface area contributed by atoms with Gasteiger partial charge >= 0.3 is 0 Å². The van der Waals surface area contributed by atoms with E-state index in [0.29, 0.717) is 5.95 Å². The molecular weight excluding hydrogens is 324 g/mol. The molecule has 5 nitrogen and oxygen atoms in total. The van der Waals surface area contributed by atoms with Crippen molar-refractivity contribution in [2.75, 3.05) is 5.32 Å². The van der Waals surface area contributed by atoms with Crippen molar-refractivity contribution >= 4 is 35.3 Å². The SMILES string of the molecule is CCCn1c(NC(=O)C2CCCCC2(C)N)nc2ccccc21.Cl. The summed E-state index contributed by atoms with van der Waals surface area (Å²) in [7, 11) is 0. The van der Waals surface area contributed by atoms with E-state index in [1.54, 1.807) is 0 Å². The Hall–Kier alpha value is -1.59. The van der Waals surface area contributed by atoms with Crippen LogP contribution in [0.1, 0.15) is 46.0 Å². The molecule has 1 aliphatic rings. The van der Waals surface area contributed by atoms with Crippen LogP contribution in [0.5, 0.6) is 0 Å². The van der Waals surface area contributed by atoms with Crippen molar-refractivity contribution < 1.29 is 4.79 Å². The quantitative estimate of drug-likeness (QED) is 0.882. The number of amides is 1. The van der Waals surface area contributed by atoms with Crippen molar-refractivity contribution in [1.82, 2.24) is 9.55 Å². The van der Waals surface area contributed by atoms with Gasteiger partial charge in [-0.3, -0.25) is 10.1 Å². The van der Waals surface area contributed by atoms with Crippen LogP contribution in [0, 0.1) is 5.92 Å². The highest BCUT2D eigenvalue weighted by Gasteiger charge is 2.38. The third-order valence-electron chi connectivity index (χ3n) is 4.91. The minimum Gasteiger partial charge on any atom is -0.325 e. The number of hydrogen-bond acceptors (Lipinski definition) is 3. The van der Waals surface area contributed by atoms with Gasteiger partial charge in [0, 0.05) is 12.1 Å². The standard InChI is InChI=1S/C18H26N4O.ClH/c1-3-12-22-15-10-5-4-9-14(15)20-17(22)21-16(23)13-8-6-7-11-18(13,2)19;/h4-5,9-10,13H,3,6-8,11-12,19H2,1-2H3,(H,20,21,23);1H. The van der Waals surface area contributed by atoms with Crippen LogP contribution in [0.3, 0.4) is 0 Å². The Labute approximate surface area is 149 Å². The number of anilines is 1. The van der Waals surface area contributed by atoms with Crippen molar-refractivity contribution in [3.63, 3.8) is 0 Å². The van der Waals surface area contributed by atoms with Gasteiger partial charge in [-0.15, -0.1) is 12.4 Å². The molecule has 24 heavy (non-hydrogen) atoms. The molecule has 132 valence electrons. The number of fused-ring (bicyclic) bond motifs is 1. The average Bonchev–Trinajstić information content (AvgIpc) is 2.85. The zero-order valence-corrected chi connectivity index (χ0v) is 15.2. The molecule has 0 saturated heterocycles. The number of carbonyl (C=O) groups excluding carboxylic acids is 1. The summed E-state index contributed by atoms with van der Waals surface area (Å²) in [5, 5.41) is 3.04. The van der Waals surface area contributed by atoms with Crippen LogP contribution < -0.4 is 11.1 Å². The van der Waals surface area contributed by atoms with Crippen LogP contribution in [0.15, 0.2) is 24.3 Å². The lowest BCUT2D eigenvalue weighted by Gasteiger charge is -2.37. The highest BCUT2D eigenvalue weighted by Crippen LogP contribution is 2.32. The fourth-order valence-electron chi connectivity index (χ4n) is 3.61. The Bertz CT molecular complexity index is 710. The lowest BCUT2D eigenvalue weighted by molar-refractivity contribution is -0.122. The summed E-state index contributed by atoms with van der Waals surface area (Å²) in [5.74, 6) is 0.493. The first-order valence-corrected chi connectivity index (χ1v) is 8.58. The maximum atomic E-state index is 12.8. The predicted octanol–water partition coefficient (Wildman–Crippen LogP) is 3.71. The summed E-state index contributed by atoms with van der Waals surface area (Å²) < 4.78 is 2.09. The molecule has 1 aliphatic carbocycles. The Morgan fingerprint density at radius 3 is 2.88 bits per heavy atom. The van der Waals surface area contributed by atoms with Crippen LogP contribution in [0.25, 0.3) is 11.0 Å². The van der Waals surface area contributed by atoms with Gasteiger partial charge in [-0.1, -0.05) is 31.9 Å². The molecule has 1 heterocycles. The lowest BCUT2D eigenvalue weighted by atomic mass is 9.74. The molecule has 1 saturated carbocycles. The van der Waals surface area contributed by atoms with Crippen molar-refractivity contribution in [1.29, 1.82) is 0 Å². The van der Waals surface area contributed by atoms with Gasteiger partial charge < -0.3 is 10.3 Å². The first-order chi connectivity index (χ1) is 11.0. The van der Waals surface area contributed by atoms with Crippen LogP contribution in [0.4, 0.5) is 5.95 Å². The van der Waals surface area contributed by atoms with Gasteiger partial charge in [0.1, 0.15) is 0 Å². The zero-order valence-electron chi connectivity index (χ0n) is 14.4. The van der Waals surface area contributed by atoms with Gasteiger partial charge in [0.2, 0.25) is 11.9 Å². The van der Waals surface area contributed by atoms with E-state index in [4.69, 9.17) is 5.73 Å². The Morgan fingerprint density at radius 1 is 1.42 bits per heavy atom. The van der Waals surface area contributed by atoms with Crippen molar-refractivity contribution in [2.24, 2.45) is 11.7 Å². The second kappa shape index (κ2) is 7.53. The topological polar surface area (TPSA) is 72.9 Å². The van der Waals surface area contributed by atoms with Gasteiger partial charge in [0.25, 0.3) is 0 Å². The Balaban J connectivity index is 0.00000208. The molecule has 6 heteroatoms. The number of nitrogens with zero attached hydrogens (tertiary/aromatic N) is 2. The van der Waals surface area contributed by atoms with Crippen molar-refractivity contribution in [3.8, 4) is 0 Å². The molecular formula is C18H27ClN4O. The number of imidazole rings is 1. The molecule has 1 aromatic carbocycles. The second-order valence-electron chi connectivity index (χ2n) is 6.87. The second-order valence-corrected chi connectivity index (χ2v) is 6.87. The Kier molecular flexibility index (Phi) is 5.88. The molecule has 0 bridgehead atoms. The highest BCUT2D eigenvalue weighted by molar-refractivity contribution is 5.94. The smallest absolute Gasteiger partial charge is 0.231 e. The summed E-state index contributed by atoms with van der Waals surface area (Å²) in [6.07, 6.45) is 4.91. The molecule has 3 rings (SSSR count). The lowest BCUT2D eigenvalue weighted by Crippen LogP contribution is -2.51. The van der Waals surface area contributed by atoms with E-state index in [0.717, 1.165) is 49.7 Å². The molecule has 2 aromatic rings. The largest absolute Gasteiger partial charge is 0.325 e. The number of nitrogens with two attached hydrogens (primary N) is 1. The fourth-order valence-corrected chi connectivity index (χ4v) is 3.61. The van der Waals surface area contributed by atoms with Gasteiger partial charge in [0.05, 0.1) is 17.0 Å². The number of para-hydroxylation sites is 2. The molecule has 1 fully saturated rings. The number of nitrogens with one attached hydrogen (secondary N) is 1. The maximum Gasteiger partial charge on any atom is 0.231 e. The van der Waals surface area contributed by atoms with E-state index in [9.17, 15) is 4.79 Å². The minimum absolute atomic E-state index is 0. The van der Waals surface area contributed by atoms with Gasteiger partial charge in [0.15, 0.2) is 0 Å². The number of halogens is 1. The summed E-state index contributed by atoms with van der Waals surface area (Å²) in [4.78, 5) is 17.4. The molecule has 0 radical (unpaired) electrons. The number of rotatable bonds is 4. The predicted molar refractivity (Wildman–Crippen MR) is 100 cm³/mol. The average molecular weight is 351 g/mol. The van der Waals surface area contributed by atoms with E-state index < -0.39 is 5.54 Å². The molecule has 2 unspecified atom stereocenters. The van der Waals surface area contributed by atoms with Gasteiger partial charge in [-0.05, 0) is 38.3 Å².